The van der Waals surface area contributed by atoms with Crippen LogP contribution in [0.2, 0.25) is 0 Å². The van der Waals surface area contributed by atoms with Gasteiger partial charge in [-0.15, -0.1) is 0 Å². The van der Waals surface area contributed by atoms with E-state index in [0.717, 1.165) is 17.2 Å². The molecule has 5 heteroatoms. The molecule has 2 heterocycles. The van der Waals surface area contributed by atoms with E-state index in [2.05, 4.69) is 19.0 Å². The van der Waals surface area contributed by atoms with Crippen LogP contribution in [0.3, 0.4) is 0 Å². The van der Waals surface area contributed by atoms with Crippen molar-refractivity contribution in [2.45, 2.75) is 0 Å². The van der Waals surface area contributed by atoms with Crippen LogP contribution in [0.15, 0.2) is 24.4 Å². The quantitative estimate of drug-likeness (QED) is 0.786. The molecular weight excluding hydrogens is 184 g/mol. The summed E-state index contributed by atoms with van der Waals surface area (Å²) >= 11 is 1.18. The zero-order valence-corrected chi connectivity index (χ0v) is 7.88. The zero-order chi connectivity index (χ0) is 9.10. The Kier molecular flexibility index (Phi) is 2.18. The van der Waals surface area contributed by atoms with Crippen LogP contribution >= 0.6 is 11.7 Å². The highest BCUT2D eigenvalue weighted by Gasteiger charge is 2.08. The summed E-state index contributed by atoms with van der Waals surface area (Å²) in [7, 11) is 1.82. The van der Waals surface area contributed by atoms with Crippen molar-refractivity contribution in [2.24, 2.45) is 0 Å². The van der Waals surface area contributed by atoms with E-state index in [1.165, 1.54) is 11.7 Å². The van der Waals surface area contributed by atoms with Crippen molar-refractivity contribution >= 4 is 17.5 Å². The molecule has 66 valence electrons. The van der Waals surface area contributed by atoms with Crippen molar-refractivity contribution in [2.75, 3.05) is 12.4 Å². The molecule has 2 aromatic heterocycles. The molecule has 0 aliphatic heterocycles. The van der Waals surface area contributed by atoms with Gasteiger partial charge in [-0.05, 0) is 12.1 Å². The van der Waals surface area contributed by atoms with Gasteiger partial charge < -0.3 is 5.32 Å². The highest BCUT2D eigenvalue weighted by molar-refractivity contribution is 6.99. The standard InChI is InChI=1S/C8H8N4S/c1-9-8-7(11-13-12-8)6-4-2-3-5-10-6/h2-5H,1H3,(H,9,12). The molecule has 2 aromatic rings. The Morgan fingerprint density at radius 2 is 2.23 bits per heavy atom. The minimum Gasteiger partial charge on any atom is -0.370 e. The van der Waals surface area contributed by atoms with E-state index >= 15 is 0 Å². The van der Waals surface area contributed by atoms with Crippen molar-refractivity contribution in [3.63, 3.8) is 0 Å². The molecular formula is C8H8N4S. The van der Waals surface area contributed by atoms with Gasteiger partial charge in [-0.1, -0.05) is 6.07 Å². The van der Waals surface area contributed by atoms with Gasteiger partial charge >= 0.3 is 0 Å². The summed E-state index contributed by atoms with van der Waals surface area (Å²) in [6.07, 6.45) is 1.74. The minimum absolute atomic E-state index is 0.781. The van der Waals surface area contributed by atoms with Gasteiger partial charge in [0.05, 0.1) is 17.4 Å². The maximum Gasteiger partial charge on any atom is 0.169 e. The first-order valence-electron chi connectivity index (χ1n) is 3.83. The zero-order valence-electron chi connectivity index (χ0n) is 7.06. The summed E-state index contributed by atoms with van der Waals surface area (Å²) in [6.45, 7) is 0. The number of anilines is 1. The number of rotatable bonds is 2. The van der Waals surface area contributed by atoms with Crippen LogP contribution in [0.4, 0.5) is 5.82 Å². The minimum atomic E-state index is 0.781. The van der Waals surface area contributed by atoms with Gasteiger partial charge in [0.2, 0.25) is 0 Å². The number of nitrogens with one attached hydrogen (secondary N) is 1. The Morgan fingerprint density at radius 3 is 2.92 bits per heavy atom. The summed E-state index contributed by atoms with van der Waals surface area (Å²) in [5, 5.41) is 2.97. The molecule has 0 unspecified atom stereocenters. The van der Waals surface area contributed by atoms with Gasteiger partial charge in [0.15, 0.2) is 5.82 Å². The second kappa shape index (κ2) is 3.49. The predicted molar refractivity (Wildman–Crippen MR) is 52.7 cm³/mol. The molecule has 0 saturated carbocycles. The van der Waals surface area contributed by atoms with Crippen LogP contribution in [0, 0.1) is 0 Å². The molecule has 0 amide bonds. The highest BCUT2D eigenvalue weighted by Crippen LogP contribution is 2.22. The van der Waals surface area contributed by atoms with Crippen LogP contribution in [0.5, 0.6) is 0 Å². The molecule has 0 aliphatic rings. The summed E-state index contributed by atoms with van der Waals surface area (Å²) < 4.78 is 8.25. The fourth-order valence-corrected chi connectivity index (χ4v) is 1.59. The van der Waals surface area contributed by atoms with Crippen molar-refractivity contribution in [3.05, 3.63) is 24.4 Å². The van der Waals surface area contributed by atoms with Crippen molar-refractivity contribution < 1.29 is 0 Å². The maximum atomic E-state index is 4.19. The lowest BCUT2D eigenvalue weighted by atomic mass is 10.3. The Hall–Kier alpha value is -1.49. The monoisotopic (exact) mass is 192 g/mol. The first-order valence-corrected chi connectivity index (χ1v) is 4.56. The van der Waals surface area contributed by atoms with E-state index in [4.69, 9.17) is 0 Å². The van der Waals surface area contributed by atoms with E-state index in [1.807, 2.05) is 25.2 Å². The van der Waals surface area contributed by atoms with E-state index in [1.54, 1.807) is 6.20 Å². The number of aromatic nitrogens is 3. The third-order valence-corrected chi connectivity index (χ3v) is 2.16. The molecule has 0 aromatic carbocycles. The summed E-state index contributed by atoms with van der Waals surface area (Å²) in [6, 6.07) is 5.72. The van der Waals surface area contributed by atoms with Crippen LogP contribution in [0.1, 0.15) is 0 Å². The molecule has 0 spiro atoms. The molecule has 4 nitrogen and oxygen atoms in total. The van der Waals surface area contributed by atoms with Gasteiger partial charge in [0.1, 0.15) is 5.69 Å². The second-order valence-corrected chi connectivity index (χ2v) is 2.95. The lowest BCUT2D eigenvalue weighted by Crippen LogP contribution is -1.91. The summed E-state index contributed by atoms with van der Waals surface area (Å²) in [5.74, 6) is 0.781. The molecule has 0 radical (unpaired) electrons. The van der Waals surface area contributed by atoms with Crippen molar-refractivity contribution in [3.8, 4) is 11.4 Å². The van der Waals surface area contributed by atoms with Gasteiger partial charge in [0.25, 0.3) is 0 Å². The molecule has 0 fully saturated rings. The number of pyridine rings is 1. The normalized spacial score (nSPS) is 9.92. The van der Waals surface area contributed by atoms with Gasteiger partial charge in [-0.25, -0.2) is 0 Å². The lowest BCUT2D eigenvalue weighted by molar-refractivity contribution is 1.29. The second-order valence-electron chi connectivity index (χ2n) is 2.43. The van der Waals surface area contributed by atoms with Crippen molar-refractivity contribution in [1.29, 1.82) is 0 Å². The Morgan fingerprint density at radius 1 is 1.31 bits per heavy atom. The highest BCUT2D eigenvalue weighted by atomic mass is 32.1. The number of nitrogens with zero attached hydrogens (tertiary/aromatic N) is 3. The SMILES string of the molecule is CNc1nsnc1-c1ccccn1. The molecule has 0 atom stereocenters. The van der Waals surface area contributed by atoms with E-state index in [-0.39, 0.29) is 0 Å². The van der Waals surface area contributed by atoms with Gasteiger partial charge in [-0.2, -0.15) is 8.75 Å². The average molecular weight is 192 g/mol. The largest absolute Gasteiger partial charge is 0.370 e. The van der Waals surface area contributed by atoms with Crippen LogP contribution < -0.4 is 5.32 Å². The number of hydrogen-bond acceptors (Lipinski definition) is 5. The fraction of sp³-hybridized carbons (Fsp3) is 0.125. The van der Waals surface area contributed by atoms with Crippen LogP contribution in [-0.2, 0) is 0 Å². The number of hydrogen-bond donors (Lipinski definition) is 1. The van der Waals surface area contributed by atoms with Gasteiger partial charge in [0, 0.05) is 13.2 Å². The van der Waals surface area contributed by atoms with Gasteiger partial charge in [-0.3, -0.25) is 4.98 Å². The third kappa shape index (κ3) is 1.50. The van der Waals surface area contributed by atoms with Crippen LogP contribution in [0.25, 0.3) is 11.4 Å². The Balaban J connectivity index is 2.47. The smallest absolute Gasteiger partial charge is 0.169 e. The molecule has 2 rings (SSSR count). The van der Waals surface area contributed by atoms with Crippen molar-refractivity contribution in [1.82, 2.24) is 13.7 Å². The summed E-state index contributed by atoms with van der Waals surface area (Å²) in [5.41, 5.74) is 1.66. The topological polar surface area (TPSA) is 50.7 Å². The molecule has 0 aliphatic carbocycles. The summed E-state index contributed by atoms with van der Waals surface area (Å²) in [4.78, 5) is 4.19. The van der Waals surface area contributed by atoms with E-state index in [9.17, 15) is 0 Å². The maximum absolute atomic E-state index is 4.19. The molecule has 1 N–H and O–H groups in total. The van der Waals surface area contributed by atoms with E-state index < -0.39 is 0 Å². The first kappa shape index (κ1) is 8.12. The van der Waals surface area contributed by atoms with Crippen LogP contribution in [-0.4, -0.2) is 20.8 Å². The molecule has 13 heavy (non-hydrogen) atoms. The Bertz CT molecular complexity index is 384. The molecule has 0 bridgehead atoms. The fourth-order valence-electron chi connectivity index (χ4n) is 1.02. The van der Waals surface area contributed by atoms with E-state index in [0.29, 0.717) is 0 Å². The predicted octanol–water partition coefficient (Wildman–Crippen LogP) is 1.64. The first-order chi connectivity index (χ1) is 6.42. The molecule has 0 saturated heterocycles. The average Bonchev–Trinajstić information content (AvgIpc) is 2.67. The Labute approximate surface area is 80.0 Å². The third-order valence-electron chi connectivity index (χ3n) is 1.63. The lowest BCUT2D eigenvalue weighted by Gasteiger charge is -1.97.